The van der Waals surface area contributed by atoms with Crippen LogP contribution in [0.4, 0.5) is 11.4 Å². The largest absolute Gasteiger partial charge is 0.398 e. The molecule has 0 aliphatic rings. The molecular weight excluding hydrogens is 264 g/mol. The smallest absolute Gasteiger partial charge is 0.270 e. The van der Waals surface area contributed by atoms with Gasteiger partial charge in [0, 0.05) is 24.9 Å². The standard InChI is InChI=1S/C12H14N4O4/c1-3-10(19-2)11-14-12(20-15-11)8-6-7(16(17)18)4-5-9(8)13/h4-6,10H,3,13H2,1-2H3. The second kappa shape index (κ2) is 5.66. The molecule has 0 aliphatic heterocycles. The van der Waals surface area contributed by atoms with E-state index in [-0.39, 0.29) is 17.7 Å². The van der Waals surface area contributed by atoms with Crippen molar-refractivity contribution in [3.8, 4) is 11.5 Å². The molecule has 0 saturated heterocycles. The van der Waals surface area contributed by atoms with E-state index in [0.717, 1.165) is 0 Å². The number of nitrogens with zero attached hydrogens (tertiary/aromatic N) is 3. The van der Waals surface area contributed by atoms with Crippen molar-refractivity contribution < 1.29 is 14.2 Å². The average Bonchev–Trinajstić information content (AvgIpc) is 2.90. The van der Waals surface area contributed by atoms with Crippen LogP contribution >= 0.6 is 0 Å². The normalized spacial score (nSPS) is 12.3. The van der Waals surface area contributed by atoms with Crippen molar-refractivity contribution >= 4 is 11.4 Å². The number of hydrogen-bond acceptors (Lipinski definition) is 7. The van der Waals surface area contributed by atoms with Crippen molar-refractivity contribution in [1.82, 2.24) is 10.1 Å². The molecule has 2 N–H and O–H groups in total. The Bertz CT molecular complexity index is 622. The molecule has 1 aromatic heterocycles. The summed E-state index contributed by atoms with van der Waals surface area (Å²) < 4.78 is 10.3. The molecule has 1 atom stereocenters. The van der Waals surface area contributed by atoms with Crippen LogP contribution in [0, 0.1) is 10.1 Å². The number of methoxy groups -OCH3 is 1. The predicted molar refractivity (Wildman–Crippen MR) is 70.8 cm³/mol. The summed E-state index contributed by atoms with van der Waals surface area (Å²) >= 11 is 0. The number of benzene rings is 1. The minimum Gasteiger partial charge on any atom is -0.398 e. The first-order valence-electron chi connectivity index (χ1n) is 5.97. The fourth-order valence-electron chi connectivity index (χ4n) is 1.77. The van der Waals surface area contributed by atoms with Gasteiger partial charge in [-0.05, 0) is 12.5 Å². The first-order valence-corrected chi connectivity index (χ1v) is 5.97. The summed E-state index contributed by atoms with van der Waals surface area (Å²) in [5.74, 6) is 0.521. The zero-order valence-electron chi connectivity index (χ0n) is 11.1. The van der Waals surface area contributed by atoms with Crippen LogP contribution in [-0.4, -0.2) is 22.2 Å². The van der Waals surface area contributed by atoms with Crippen LogP contribution in [0.5, 0.6) is 0 Å². The summed E-state index contributed by atoms with van der Waals surface area (Å²) in [5, 5.41) is 14.6. The van der Waals surface area contributed by atoms with Crippen LogP contribution in [0.2, 0.25) is 0 Å². The average molecular weight is 278 g/mol. The van der Waals surface area contributed by atoms with Crippen LogP contribution < -0.4 is 5.73 Å². The van der Waals surface area contributed by atoms with Crippen LogP contribution in [0.3, 0.4) is 0 Å². The summed E-state index contributed by atoms with van der Waals surface area (Å²) in [7, 11) is 1.55. The minimum atomic E-state index is -0.510. The van der Waals surface area contributed by atoms with Gasteiger partial charge in [0.05, 0.1) is 10.5 Å². The Morgan fingerprint density at radius 2 is 2.30 bits per heavy atom. The molecule has 0 bridgehead atoms. The lowest BCUT2D eigenvalue weighted by Gasteiger charge is -2.06. The zero-order chi connectivity index (χ0) is 14.7. The zero-order valence-corrected chi connectivity index (χ0v) is 11.1. The number of nitro groups is 1. The van der Waals surface area contributed by atoms with Gasteiger partial charge in [-0.25, -0.2) is 0 Å². The maximum Gasteiger partial charge on any atom is 0.270 e. The van der Waals surface area contributed by atoms with Gasteiger partial charge < -0.3 is 15.0 Å². The van der Waals surface area contributed by atoms with Gasteiger partial charge in [-0.15, -0.1) is 0 Å². The van der Waals surface area contributed by atoms with Crippen molar-refractivity contribution in [1.29, 1.82) is 0 Å². The minimum absolute atomic E-state index is 0.0901. The third-order valence-corrected chi connectivity index (χ3v) is 2.86. The molecule has 1 aromatic carbocycles. The Morgan fingerprint density at radius 1 is 1.55 bits per heavy atom. The molecule has 8 nitrogen and oxygen atoms in total. The van der Waals surface area contributed by atoms with E-state index in [1.807, 2.05) is 6.92 Å². The van der Waals surface area contributed by atoms with E-state index in [2.05, 4.69) is 10.1 Å². The second-order valence-electron chi connectivity index (χ2n) is 4.12. The van der Waals surface area contributed by atoms with E-state index >= 15 is 0 Å². The van der Waals surface area contributed by atoms with Gasteiger partial charge in [-0.1, -0.05) is 12.1 Å². The first kappa shape index (κ1) is 13.9. The monoisotopic (exact) mass is 278 g/mol. The molecule has 2 aromatic rings. The molecule has 0 amide bonds. The lowest BCUT2D eigenvalue weighted by atomic mass is 10.1. The SMILES string of the molecule is CCC(OC)c1noc(-c2cc([N+](=O)[O-])ccc2N)n1. The molecule has 0 saturated carbocycles. The molecule has 0 radical (unpaired) electrons. The van der Waals surface area contributed by atoms with Gasteiger partial charge in [0.2, 0.25) is 5.82 Å². The summed E-state index contributed by atoms with van der Waals surface area (Å²) in [4.78, 5) is 14.4. The molecule has 1 unspecified atom stereocenters. The molecule has 106 valence electrons. The Labute approximate surface area is 114 Å². The number of aromatic nitrogens is 2. The number of rotatable bonds is 5. The van der Waals surface area contributed by atoms with E-state index in [1.54, 1.807) is 7.11 Å². The van der Waals surface area contributed by atoms with Gasteiger partial charge in [0.15, 0.2) is 0 Å². The van der Waals surface area contributed by atoms with E-state index in [0.29, 0.717) is 23.5 Å². The number of anilines is 1. The number of nitro benzene ring substituents is 1. The van der Waals surface area contributed by atoms with E-state index < -0.39 is 4.92 Å². The maximum absolute atomic E-state index is 10.8. The fraction of sp³-hybridized carbons (Fsp3) is 0.333. The number of non-ortho nitro benzene ring substituents is 1. The van der Waals surface area contributed by atoms with Crippen LogP contribution in [0.15, 0.2) is 22.7 Å². The Balaban J connectivity index is 2.41. The van der Waals surface area contributed by atoms with Crippen LogP contribution in [0.25, 0.3) is 11.5 Å². The third kappa shape index (κ3) is 2.59. The highest BCUT2D eigenvalue weighted by molar-refractivity contribution is 5.73. The van der Waals surface area contributed by atoms with Gasteiger partial charge in [0.1, 0.15) is 6.10 Å². The van der Waals surface area contributed by atoms with Crippen molar-refractivity contribution in [2.75, 3.05) is 12.8 Å². The van der Waals surface area contributed by atoms with Crippen LogP contribution in [0.1, 0.15) is 25.3 Å². The summed E-state index contributed by atoms with van der Waals surface area (Å²) in [6.07, 6.45) is 0.396. The molecule has 1 heterocycles. The van der Waals surface area contributed by atoms with Crippen LogP contribution in [-0.2, 0) is 4.74 Å². The Hall–Kier alpha value is -2.48. The highest BCUT2D eigenvalue weighted by Gasteiger charge is 2.20. The van der Waals surface area contributed by atoms with Gasteiger partial charge in [-0.3, -0.25) is 10.1 Å². The van der Waals surface area contributed by atoms with Crippen molar-refractivity contribution in [2.24, 2.45) is 0 Å². The van der Waals surface area contributed by atoms with E-state index in [4.69, 9.17) is 15.0 Å². The van der Waals surface area contributed by atoms with E-state index in [9.17, 15) is 10.1 Å². The second-order valence-corrected chi connectivity index (χ2v) is 4.12. The molecule has 20 heavy (non-hydrogen) atoms. The first-order chi connectivity index (χ1) is 9.56. The van der Waals surface area contributed by atoms with Crippen molar-refractivity contribution in [3.63, 3.8) is 0 Å². The molecule has 2 rings (SSSR count). The van der Waals surface area contributed by atoms with Gasteiger partial charge >= 0.3 is 0 Å². The number of nitrogen functional groups attached to an aromatic ring is 1. The summed E-state index contributed by atoms with van der Waals surface area (Å²) in [6.45, 7) is 1.92. The number of hydrogen-bond donors (Lipinski definition) is 1. The van der Waals surface area contributed by atoms with Gasteiger partial charge in [0.25, 0.3) is 11.6 Å². The maximum atomic E-state index is 10.8. The molecule has 0 fully saturated rings. The van der Waals surface area contributed by atoms with E-state index in [1.165, 1.54) is 18.2 Å². The number of ether oxygens (including phenoxy) is 1. The highest BCUT2D eigenvalue weighted by atomic mass is 16.6. The fourth-order valence-corrected chi connectivity index (χ4v) is 1.77. The summed E-state index contributed by atoms with van der Waals surface area (Å²) in [5.41, 5.74) is 6.37. The third-order valence-electron chi connectivity index (χ3n) is 2.86. The summed E-state index contributed by atoms with van der Waals surface area (Å²) in [6, 6.07) is 4.06. The van der Waals surface area contributed by atoms with Gasteiger partial charge in [-0.2, -0.15) is 4.98 Å². The predicted octanol–water partition coefficient (Wildman–Crippen LogP) is 2.32. The lowest BCUT2D eigenvalue weighted by molar-refractivity contribution is -0.384. The topological polar surface area (TPSA) is 117 Å². The Kier molecular flexibility index (Phi) is 3.94. The highest BCUT2D eigenvalue weighted by Crippen LogP contribution is 2.29. The van der Waals surface area contributed by atoms with Crippen molar-refractivity contribution in [2.45, 2.75) is 19.4 Å². The van der Waals surface area contributed by atoms with Crippen molar-refractivity contribution in [3.05, 3.63) is 34.1 Å². The lowest BCUT2D eigenvalue weighted by Crippen LogP contribution is -2.01. The molecular formula is C12H14N4O4. The number of nitrogens with two attached hydrogens (primary N) is 1. The molecule has 0 spiro atoms. The molecule has 8 heteroatoms. The quantitative estimate of drug-likeness (QED) is 0.506. The molecule has 0 aliphatic carbocycles. The Morgan fingerprint density at radius 3 is 2.90 bits per heavy atom.